The van der Waals surface area contributed by atoms with E-state index in [1.165, 1.54) is 0 Å². The molecule has 0 fully saturated rings. The van der Waals surface area contributed by atoms with Crippen LogP contribution < -0.4 is 0 Å². The van der Waals surface area contributed by atoms with Crippen molar-refractivity contribution in [3.05, 3.63) is 31.7 Å². The van der Waals surface area contributed by atoms with Crippen molar-refractivity contribution in [3.63, 3.8) is 0 Å². The van der Waals surface area contributed by atoms with E-state index in [0.29, 0.717) is 0 Å². The van der Waals surface area contributed by atoms with E-state index in [4.69, 9.17) is 61.7 Å². The van der Waals surface area contributed by atoms with E-state index in [0.717, 1.165) is 6.07 Å². The largest absolute Gasteiger partial charge is 0.340 e. The number of aliphatic hydroxyl groups is 3. The van der Waals surface area contributed by atoms with Crippen LogP contribution in [-0.4, -0.2) is 15.3 Å². The summed E-state index contributed by atoms with van der Waals surface area (Å²) in [7, 11) is 0. The average Bonchev–Trinajstić information content (AvgIpc) is 2.06. The maximum absolute atomic E-state index is 8.88. The smallest absolute Gasteiger partial charge is 0.305 e. The van der Waals surface area contributed by atoms with Crippen LogP contribution in [0.2, 0.25) is 20.1 Å². The van der Waals surface area contributed by atoms with Gasteiger partial charge in [-0.2, -0.15) is 0 Å². The molecule has 0 aliphatic rings. The fourth-order valence-corrected chi connectivity index (χ4v) is 1.75. The van der Waals surface area contributed by atoms with Gasteiger partial charge in [0, 0.05) is 0 Å². The third-order valence-corrected chi connectivity index (χ3v) is 3.22. The van der Waals surface area contributed by atoms with E-state index in [1.54, 1.807) is 0 Å². The lowest BCUT2D eigenvalue weighted by Crippen LogP contribution is -2.24. The Hall–Kier alpha value is 0.260. The Morgan fingerprint density at radius 2 is 1.36 bits per heavy atom. The minimum absolute atomic E-state index is 0.0219. The summed E-state index contributed by atoms with van der Waals surface area (Å²) in [4.78, 5) is 0. The molecule has 3 nitrogen and oxygen atoms in total. The molecule has 0 aliphatic heterocycles. The highest BCUT2D eigenvalue weighted by Crippen LogP contribution is 2.40. The lowest BCUT2D eigenvalue weighted by molar-refractivity contribution is -0.323. The molecule has 7 heteroatoms. The van der Waals surface area contributed by atoms with Crippen molar-refractivity contribution in [1.29, 1.82) is 0 Å². The van der Waals surface area contributed by atoms with Crippen LogP contribution in [0.4, 0.5) is 0 Å². The number of halogens is 4. The SMILES string of the molecule is OC(O)(O)c1cc(Cl)c(Cl)c(Cl)c1Cl. The average molecular weight is 278 g/mol. The van der Waals surface area contributed by atoms with E-state index < -0.39 is 11.5 Å². The summed E-state index contributed by atoms with van der Waals surface area (Å²) >= 11 is 22.4. The molecule has 1 rings (SSSR count). The summed E-state index contributed by atoms with van der Waals surface area (Å²) in [6.07, 6.45) is 0. The Morgan fingerprint density at radius 3 is 1.79 bits per heavy atom. The standard InChI is InChI=1S/C7H4Cl4O3/c8-3-1-2(7(12,13)14)4(9)6(11)5(3)10/h1,12-14H. The van der Waals surface area contributed by atoms with Crippen molar-refractivity contribution in [2.45, 2.75) is 5.97 Å². The van der Waals surface area contributed by atoms with Crippen molar-refractivity contribution in [3.8, 4) is 0 Å². The van der Waals surface area contributed by atoms with E-state index in [2.05, 4.69) is 0 Å². The quantitative estimate of drug-likeness (QED) is 0.420. The molecular weight excluding hydrogens is 274 g/mol. The minimum Gasteiger partial charge on any atom is -0.340 e. The van der Waals surface area contributed by atoms with Crippen molar-refractivity contribution >= 4 is 46.4 Å². The van der Waals surface area contributed by atoms with Gasteiger partial charge in [-0.1, -0.05) is 46.4 Å². The molecule has 1 aromatic carbocycles. The second-order valence-electron chi connectivity index (χ2n) is 2.48. The molecule has 0 heterocycles. The number of hydrogen-bond donors (Lipinski definition) is 3. The summed E-state index contributed by atoms with van der Waals surface area (Å²) in [5.41, 5.74) is -0.432. The van der Waals surface area contributed by atoms with Crippen molar-refractivity contribution in [2.24, 2.45) is 0 Å². The third kappa shape index (κ3) is 2.25. The number of hydrogen-bond acceptors (Lipinski definition) is 3. The van der Waals surface area contributed by atoms with Crippen LogP contribution in [0.1, 0.15) is 5.56 Å². The van der Waals surface area contributed by atoms with Gasteiger partial charge in [-0.25, -0.2) is 0 Å². The molecule has 0 radical (unpaired) electrons. The van der Waals surface area contributed by atoms with E-state index in [1.807, 2.05) is 0 Å². The zero-order valence-electron chi connectivity index (χ0n) is 6.43. The molecule has 3 N–H and O–H groups in total. The van der Waals surface area contributed by atoms with Gasteiger partial charge in [0.2, 0.25) is 0 Å². The monoisotopic (exact) mass is 276 g/mol. The fourth-order valence-electron chi connectivity index (χ4n) is 0.817. The highest BCUT2D eigenvalue weighted by Gasteiger charge is 2.28. The topological polar surface area (TPSA) is 60.7 Å². The zero-order chi connectivity index (χ0) is 11.1. The molecule has 0 saturated carbocycles. The Bertz CT molecular complexity index is 372. The van der Waals surface area contributed by atoms with Crippen LogP contribution >= 0.6 is 46.4 Å². The van der Waals surface area contributed by atoms with Crippen LogP contribution in [0.3, 0.4) is 0 Å². The Balaban J connectivity index is 3.49. The van der Waals surface area contributed by atoms with Gasteiger partial charge in [-0.15, -0.1) is 0 Å². The van der Waals surface area contributed by atoms with Crippen molar-refractivity contribution < 1.29 is 15.3 Å². The second kappa shape index (κ2) is 4.02. The molecule has 1 aromatic rings. The summed E-state index contributed by atoms with van der Waals surface area (Å²) in [5.74, 6) is -3.10. The van der Waals surface area contributed by atoms with E-state index in [-0.39, 0.29) is 20.1 Å². The predicted octanol–water partition coefficient (Wildman–Crippen LogP) is 2.39. The first-order valence-corrected chi connectivity index (χ1v) is 4.77. The normalized spacial score (nSPS) is 11.9. The van der Waals surface area contributed by atoms with Crippen LogP contribution in [0.5, 0.6) is 0 Å². The fraction of sp³-hybridized carbons (Fsp3) is 0.143. The van der Waals surface area contributed by atoms with E-state index >= 15 is 0 Å². The molecule has 0 unspecified atom stereocenters. The Kier molecular flexibility index (Phi) is 3.54. The number of rotatable bonds is 1. The molecule has 14 heavy (non-hydrogen) atoms. The molecule has 0 aliphatic carbocycles. The first-order chi connectivity index (χ1) is 6.25. The predicted molar refractivity (Wildman–Crippen MR) is 54.8 cm³/mol. The number of benzene rings is 1. The summed E-state index contributed by atoms with van der Waals surface area (Å²) in [6, 6.07) is 1.01. The summed E-state index contributed by atoms with van der Waals surface area (Å²) < 4.78 is 0. The van der Waals surface area contributed by atoms with Gasteiger partial charge in [0.05, 0.1) is 25.7 Å². The van der Waals surface area contributed by atoms with Gasteiger partial charge in [-0.3, -0.25) is 0 Å². The highest BCUT2D eigenvalue weighted by molar-refractivity contribution is 6.52. The molecule has 0 atom stereocenters. The Morgan fingerprint density at radius 1 is 0.857 bits per heavy atom. The van der Waals surface area contributed by atoms with Crippen LogP contribution in [0, 0.1) is 0 Å². The van der Waals surface area contributed by atoms with Crippen molar-refractivity contribution in [1.82, 2.24) is 0 Å². The Labute approximate surface area is 99.4 Å². The minimum atomic E-state index is -3.10. The van der Waals surface area contributed by atoms with Gasteiger partial charge in [0.15, 0.2) is 0 Å². The maximum Gasteiger partial charge on any atom is 0.305 e. The van der Waals surface area contributed by atoms with Gasteiger partial charge in [0.25, 0.3) is 0 Å². The first kappa shape index (κ1) is 12.3. The van der Waals surface area contributed by atoms with Gasteiger partial charge < -0.3 is 15.3 Å². The molecule has 0 spiro atoms. The van der Waals surface area contributed by atoms with Gasteiger partial charge >= 0.3 is 5.97 Å². The van der Waals surface area contributed by atoms with E-state index in [9.17, 15) is 0 Å². The molecule has 78 valence electrons. The summed E-state index contributed by atoms with van der Waals surface area (Å²) in [6.45, 7) is 0. The lowest BCUT2D eigenvalue weighted by Gasteiger charge is -2.17. The van der Waals surface area contributed by atoms with Crippen molar-refractivity contribution in [2.75, 3.05) is 0 Å². The first-order valence-electron chi connectivity index (χ1n) is 3.25. The van der Waals surface area contributed by atoms with Crippen LogP contribution in [0.25, 0.3) is 0 Å². The molecule has 0 amide bonds. The lowest BCUT2D eigenvalue weighted by atomic mass is 10.2. The van der Waals surface area contributed by atoms with Crippen LogP contribution in [0.15, 0.2) is 6.07 Å². The molecule has 0 bridgehead atoms. The van der Waals surface area contributed by atoms with Gasteiger partial charge in [0.1, 0.15) is 0 Å². The van der Waals surface area contributed by atoms with Crippen LogP contribution in [-0.2, 0) is 5.97 Å². The zero-order valence-corrected chi connectivity index (χ0v) is 9.45. The molecule has 0 aromatic heterocycles. The molecule has 0 saturated heterocycles. The second-order valence-corrected chi connectivity index (χ2v) is 4.02. The maximum atomic E-state index is 8.88. The van der Waals surface area contributed by atoms with Gasteiger partial charge in [-0.05, 0) is 6.07 Å². The third-order valence-electron chi connectivity index (χ3n) is 1.46. The molecular formula is C7H4Cl4O3. The summed E-state index contributed by atoms with van der Waals surface area (Å²) in [5, 5.41) is 26.1. The highest BCUT2D eigenvalue weighted by atomic mass is 35.5.